The molecular formula is C29H22BrFN4O3S. The summed E-state index contributed by atoms with van der Waals surface area (Å²) >= 11 is 4.59. The van der Waals surface area contributed by atoms with Crippen molar-refractivity contribution in [1.29, 1.82) is 0 Å². The zero-order chi connectivity index (χ0) is 27.1. The average Bonchev–Trinajstić information content (AvgIpc) is 3.56. The van der Waals surface area contributed by atoms with Crippen molar-refractivity contribution >= 4 is 49.4 Å². The molecule has 3 heterocycles. The number of thiazole rings is 1. The van der Waals surface area contributed by atoms with E-state index in [2.05, 4.69) is 32.9 Å². The van der Waals surface area contributed by atoms with Gasteiger partial charge in [0.25, 0.3) is 11.5 Å². The molecule has 10 heteroatoms. The van der Waals surface area contributed by atoms with E-state index in [4.69, 9.17) is 4.74 Å². The van der Waals surface area contributed by atoms with Gasteiger partial charge in [-0.3, -0.25) is 9.59 Å². The van der Waals surface area contributed by atoms with Crippen LogP contribution in [-0.2, 0) is 11.3 Å². The van der Waals surface area contributed by atoms with Crippen LogP contribution < -0.4 is 19.7 Å². The molecule has 1 amide bonds. The van der Waals surface area contributed by atoms with Gasteiger partial charge in [0.2, 0.25) is 4.96 Å². The third kappa shape index (κ3) is 4.63. The molecule has 1 aliphatic rings. The molecule has 6 rings (SSSR count). The van der Waals surface area contributed by atoms with Gasteiger partial charge in [0.05, 0.1) is 24.4 Å². The third-order valence-electron chi connectivity index (χ3n) is 6.53. The monoisotopic (exact) mass is 604 g/mol. The molecule has 39 heavy (non-hydrogen) atoms. The summed E-state index contributed by atoms with van der Waals surface area (Å²) in [6, 6.07) is 19.2. The fourth-order valence-corrected chi connectivity index (χ4v) is 5.88. The Morgan fingerprint density at radius 1 is 1.05 bits per heavy atom. The standard InChI is InChI=1S/C29H22BrFN4O3S/c1-2-3-14-38-20-11-8-17(9-12-20)26-32-29-35(33-26)28(37)25(39-29)24-21-15-19(30)10-13-23(21)34(27(24)36)16-18-6-4-5-7-22(18)31/h4-13,15H,2-3,14,16H2,1H3. The lowest BCUT2D eigenvalue weighted by molar-refractivity contribution is -0.113. The van der Waals surface area contributed by atoms with Crippen molar-refractivity contribution in [2.75, 3.05) is 11.5 Å². The number of rotatable bonds is 7. The molecule has 0 N–H and O–H groups in total. The highest BCUT2D eigenvalue weighted by Gasteiger charge is 2.35. The van der Waals surface area contributed by atoms with E-state index in [1.165, 1.54) is 15.5 Å². The Labute approximate surface area is 235 Å². The first-order valence-corrected chi connectivity index (χ1v) is 14.1. The van der Waals surface area contributed by atoms with Gasteiger partial charge in [-0.1, -0.05) is 58.8 Å². The quantitative estimate of drug-likeness (QED) is 0.234. The van der Waals surface area contributed by atoms with Crippen LogP contribution in [0, 0.1) is 5.82 Å². The van der Waals surface area contributed by atoms with Gasteiger partial charge in [0.15, 0.2) is 5.82 Å². The van der Waals surface area contributed by atoms with E-state index in [1.807, 2.05) is 30.3 Å². The van der Waals surface area contributed by atoms with E-state index in [1.54, 1.807) is 30.3 Å². The van der Waals surface area contributed by atoms with Crippen molar-refractivity contribution in [3.63, 3.8) is 0 Å². The number of amides is 1. The fourth-order valence-electron chi connectivity index (χ4n) is 4.52. The lowest BCUT2D eigenvalue weighted by Gasteiger charge is -2.17. The molecule has 1 aliphatic heterocycles. The number of halogens is 2. The van der Waals surface area contributed by atoms with Crippen LogP contribution >= 0.6 is 27.3 Å². The van der Waals surface area contributed by atoms with Crippen molar-refractivity contribution in [2.24, 2.45) is 0 Å². The largest absolute Gasteiger partial charge is 0.494 e. The van der Waals surface area contributed by atoms with Crippen molar-refractivity contribution in [3.8, 4) is 17.1 Å². The van der Waals surface area contributed by atoms with Crippen LogP contribution in [0.5, 0.6) is 5.75 Å². The molecule has 0 bridgehead atoms. The minimum absolute atomic E-state index is 0.0426. The van der Waals surface area contributed by atoms with E-state index in [9.17, 15) is 14.0 Å². The normalized spacial score (nSPS) is 14.3. The highest BCUT2D eigenvalue weighted by atomic mass is 79.9. The van der Waals surface area contributed by atoms with E-state index >= 15 is 0 Å². The predicted octanol–water partition coefficient (Wildman–Crippen LogP) is 5.36. The van der Waals surface area contributed by atoms with Crippen LogP contribution in [0.3, 0.4) is 0 Å². The molecule has 196 valence electrons. The number of hydrogen-bond acceptors (Lipinski definition) is 6. The van der Waals surface area contributed by atoms with Crippen molar-refractivity contribution in [2.45, 2.75) is 26.3 Å². The molecule has 0 atom stereocenters. The summed E-state index contributed by atoms with van der Waals surface area (Å²) in [6.07, 6.45) is 2.04. The Morgan fingerprint density at radius 2 is 1.85 bits per heavy atom. The number of unbranched alkanes of at least 4 members (excludes halogenated alkanes) is 1. The van der Waals surface area contributed by atoms with Gasteiger partial charge >= 0.3 is 0 Å². The van der Waals surface area contributed by atoms with Gasteiger partial charge in [0, 0.05) is 21.2 Å². The van der Waals surface area contributed by atoms with E-state index in [0.29, 0.717) is 34.2 Å². The number of fused-ring (bicyclic) bond motifs is 2. The molecule has 0 aliphatic carbocycles. The summed E-state index contributed by atoms with van der Waals surface area (Å²) < 4.78 is 22.4. The Hall–Kier alpha value is -3.89. The molecule has 3 aromatic carbocycles. The summed E-state index contributed by atoms with van der Waals surface area (Å²) in [6.45, 7) is 2.81. The van der Waals surface area contributed by atoms with Crippen LogP contribution in [0.1, 0.15) is 30.9 Å². The summed E-state index contributed by atoms with van der Waals surface area (Å²) in [5.74, 6) is 0.415. The number of benzene rings is 3. The van der Waals surface area contributed by atoms with Gasteiger partial charge in [-0.25, -0.2) is 4.39 Å². The van der Waals surface area contributed by atoms with Gasteiger partial charge in [-0.15, -0.1) is 5.10 Å². The van der Waals surface area contributed by atoms with E-state index in [0.717, 1.165) is 40.0 Å². The summed E-state index contributed by atoms with van der Waals surface area (Å²) in [4.78, 5) is 33.7. The van der Waals surface area contributed by atoms with Crippen LogP contribution in [0.15, 0.2) is 76.0 Å². The number of aromatic nitrogens is 3. The third-order valence-corrected chi connectivity index (χ3v) is 8.05. The molecule has 0 spiro atoms. The highest BCUT2D eigenvalue weighted by molar-refractivity contribution is 9.10. The number of carbonyl (C=O) groups excluding carboxylic acids is 1. The average molecular weight is 605 g/mol. The van der Waals surface area contributed by atoms with Crippen molar-refractivity contribution in [3.05, 3.63) is 103 Å². The molecule has 7 nitrogen and oxygen atoms in total. The van der Waals surface area contributed by atoms with E-state index < -0.39 is 11.4 Å². The first-order valence-electron chi connectivity index (χ1n) is 12.5. The lowest BCUT2D eigenvalue weighted by Crippen LogP contribution is -2.32. The maximum atomic E-state index is 14.4. The second kappa shape index (κ2) is 10.3. The SMILES string of the molecule is CCCCOc1ccc(-c2nc3sc(=C4C(=O)N(Cc5ccccc5F)c5ccc(Br)cc54)c(=O)n3n2)cc1. The molecular weight excluding hydrogens is 583 g/mol. The summed E-state index contributed by atoms with van der Waals surface area (Å²) in [5, 5.41) is 4.44. The smallest absolute Gasteiger partial charge is 0.291 e. The zero-order valence-corrected chi connectivity index (χ0v) is 23.3. The molecule has 5 aromatic rings. The topological polar surface area (TPSA) is 76.8 Å². The van der Waals surface area contributed by atoms with Crippen LogP contribution in [-0.4, -0.2) is 27.1 Å². The second-order valence-corrected chi connectivity index (χ2v) is 11.0. The molecule has 0 radical (unpaired) electrons. The van der Waals surface area contributed by atoms with Crippen LogP contribution in [0.4, 0.5) is 10.1 Å². The summed E-state index contributed by atoms with van der Waals surface area (Å²) in [7, 11) is 0. The molecule has 0 fully saturated rings. The van der Waals surface area contributed by atoms with Gasteiger partial charge < -0.3 is 9.64 Å². The number of hydrogen-bond donors (Lipinski definition) is 0. The highest BCUT2D eigenvalue weighted by Crippen LogP contribution is 2.38. The van der Waals surface area contributed by atoms with Gasteiger partial charge in [0.1, 0.15) is 16.1 Å². The van der Waals surface area contributed by atoms with Crippen molar-refractivity contribution < 1.29 is 13.9 Å². The summed E-state index contributed by atoms with van der Waals surface area (Å²) in [5.41, 5.74) is 2.20. The Kier molecular flexibility index (Phi) is 6.74. The van der Waals surface area contributed by atoms with Crippen molar-refractivity contribution in [1.82, 2.24) is 14.6 Å². The molecule has 2 aromatic heterocycles. The molecule has 0 saturated heterocycles. The number of anilines is 1. The molecule has 0 unspecified atom stereocenters. The van der Waals surface area contributed by atoms with Crippen LogP contribution in [0.25, 0.3) is 21.9 Å². The van der Waals surface area contributed by atoms with Gasteiger partial charge in [-0.05, 0) is 55.0 Å². The Balaban J connectivity index is 1.40. The number of carbonyl (C=O) groups is 1. The predicted molar refractivity (Wildman–Crippen MR) is 152 cm³/mol. The maximum Gasteiger partial charge on any atom is 0.291 e. The minimum atomic E-state index is -0.421. The maximum absolute atomic E-state index is 14.4. The van der Waals surface area contributed by atoms with E-state index in [-0.39, 0.29) is 22.6 Å². The number of nitrogens with zero attached hydrogens (tertiary/aromatic N) is 4. The first-order chi connectivity index (χ1) is 18.9. The van der Waals surface area contributed by atoms with Gasteiger partial charge in [-0.2, -0.15) is 9.50 Å². The fraction of sp³-hybridized carbons (Fsp3) is 0.172. The number of ether oxygens (including phenoxy) is 1. The first kappa shape index (κ1) is 25.4. The van der Waals surface area contributed by atoms with Crippen LogP contribution in [0.2, 0.25) is 0 Å². The zero-order valence-electron chi connectivity index (χ0n) is 20.9. The Bertz CT molecular complexity index is 1830. The second-order valence-electron chi connectivity index (χ2n) is 9.11. The molecule has 0 saturated carbocycles. The Morgan fingerprint density at radius 3 is 2.59 bits per heavy atom. The lowest BCUT2D eigenvalue weighted by atomic mass is 10.1. The minimum Gasteiger partial charge on any atom is -0.494 e.